The predicted molar refractivity (Wildman–Crippen MR) is 37.3 cm³/mol. The Kier molecular flexibility index (Phi) is 1.42. The molecule has 0 aromatic carbocycles. The van der Waals surface area contributed by atoms with E-state index in [-0.39, 0.29) is 0 Å². The summed E-state index contributed by atoms with van der Waals surface area (Å²) in [4.78, 5) is 2.25. The molecule has 2 fully saturated rings. The molecule has 0 bridgehead atoms. The normalized spacial score (nSPS) is 43.7. The lowest BCUT2D eigenvalue weighted by Crippen LogP contribution is -2.23. The van der Waals surface area contributed by atoms with Gasteiger partial charge in [-0.2, -0.15) is 0 Å². The molecule has 2 aliphatic heterocycles. The minimum absolute atomic E-state index is 0.536. The van der Waals surface area contributed by atoms with Crippen molar-refractivity contribution in [2.75, 3.05) is 18.8 Å². The summed E-state index contributed by atoms with van der Waals surface area (Å²) >= 11 is 1.93. The van der Waals surface area contributed by atoms with Gasteiger partial charge in [0.05, 0.1) is 5.37 Å². The van der Waals surface area contributed by atoms with E-state index in [0.29, 0.717) is 11.9 Å². The van der Waals surface area contributed by atoms with E-state index in [1.165, 1.54) is 5.75 Å². The molecule has 0 aliphatic carbocycles. The lowest BCUT2D eigenvalue weighted by molar-refractivity contribution is 0.295. The molecule has 0 amide bonds. The molecule has 2 saturated heterocycles. The monoisotopic (exact) mass is 147 g/mol. The van der Waals surface area contributed by atoms with E-state index < -0.39 is 6.17 Å². The molecule has 0 radical (unpaired) electrons. The van der Waals surface area contributed by atoms with Gasteiger partial charge in [0.25, 0.3) is 0 Å². The number of nitrogens with zero attached hydrogens (tertiary/aromatic N) is 1. The molecule has 52 valence electrons. The van der Waals surface area contributed by atoms with Crippen LogP contribution >= 0.6 is 11.8 Å². The number of hydrogen-bond acceptors (Lipinski definition) is 2. The highest BCUT2D eigenvalue weighted by Gasteiger charge is 2.34. The molecule has 0 N–H and O–H groups in total. The smallest absolute Gasteiger partial charge is 0.114 e. The van der Waals surface area contributed by atoms with Crippen molar-refractivity contribution in [1.29, 1.82) is 0 Å². The van der Waals surface area contributed by atoms with Crippen LogP contribution in [0.2, 0.25) is 0 Å². The van der Waals surface area contributed by atoms with Gasteiger partial charge in [0.2, 0.25) is 0 Å². The fourth-order valence-corrected chi connectivity index (χ4v) is 1.96. The van der Waals surface area contributed by atoms with Gasteiger partial charge in [-0.25, -0.2) is 4.39 Å². The molecule has 9 heavy (non-hydrogen) atoms. The zero-order valence-corrected chi connectivity index (χ0v) is 6.03. The number of likely N-dealkylation sites (tertiary alicyclic amines) is 1. The predicted octanol–water partition coefficient (Wildman–Crippen LogP) is 1.10. The van der Waals surface area contributed by atoms with Gasteiger partial charge in [0.15, 0.2) is 0 Å². The first-order valence-corrected chi connectivity index (χ1v) is 4.41. The van der Waals surface area contributed by atoms with Gasteiger partial charge in [0, 0.05) is 18.8 Å². The van der Waals surface area contributed by atoms with E-state index in [4.69, 9.17) is 0 Å². The molecular weight excluding hydrogens is 137 g/mol. The van der Waals surface area contributed by atoms with Gasteiger partial charge >= 0.3 is 0 Å². The second kappa shape index (κ2) is 2.13. The van der Waals surface area contributed by atoms with E-state index in [9.17, 15) is 4.39 Å². The summed E-state index contributed by atoms with van der Waals surface area (Å²) in [6, 6.07) is 0. The number of alkyl halides is 1. The van der Waals surface area contributed by atoms with Crippen LogP contribution in [-0.2, 0) is 0 Å². The third kappa shape index (κ3) is 1.22. The van der Waals surface area contributed by atoms with Crippen LogP contribution in [-0.4, -0.2) is 35.3 Å². The van der Waals surface area contributed by atoms with E-state index in [1.807, 2.05) is 11.8 Å². The molecule has 2 heterocycles. The highest BCUT2D eigenvalue weighted by atomic mass is 32.2. The Hall–Kier alpha value is 0.240. The van der Waals surface area contributed by atoms with E-state index in [0.717, 1.165) is 13.0 Å². The van der Waals surface area contributed by atoms with Crippen LogP contribution in [0.4, 0.5) is 4.39 Å². The van der Waals surface area contributed by atoms with Crippen LogP contribution in [0.3, 0.4) is 0 Å². The van der Waals surface area contributed by atoms with Crippen molar-refractivity contribution in [2.24, 2.45) is 0 Å². The van der Waals surface area contributed by atoms with Crippen molar-refractivity contribution in [3.05, 3.63) is 0 Å². The number of rotatable bonds is 1. The second-order valence-electron chi connectivity index (χ2n) is 2.67. The lowest BCUT2D eigenvalue weighted by atomic mass is 10.3. The van der Waals surface area contributed by atoms with Crippen LogP contribution in [0.15, 0.2) is 0 Å². The van der Waals surface area contributed by atoms with E-state index >= 15 is 0 Å². The molecule has 3 heteroatoms. The van der Waals surface area contributed by atoms with Crippen molar-refractivity contribution in [2.45, 2.75) is 18.0 Å². The Morgan fingerprint density at radius 1 is 1.56 bits per heavy atom. The molecule has 2 unspecified atom stereocenters. The average molecular weight is 147 g/mol. The van der Waals surface area contributed by atoms with Crippen molar-refractivity contribution < 1.29 is 4.39 Å². The zero-order valence-electron chi connectivity index (χ0n) is 5.22. The maximum absolute atomic E-state index is 12.5. The van der Waals surface area contributed by atoms with Crippen molar-refractivity contribution in [3.63, 3.8) is 0 Å². The van der Waals surface area contributed by atoms with Gasteiger partial charge in [-0.15, -0.1) is 11.8 Å². The zero-order chi connectivity index (χ0) is 6.27. The summed E-state index contributed by atoms with van der Waals surface area (Å²) in [6.07, 6.45) is 0.225. The first-order valence-electron chi connectivity index (χ1n) is 3.36. The Morgan fingerprint density at radius 2 is 2.33 bits per heavy atom. The molecule has 0 saturated carbocycles. The SMILES string of the molecule is FC1CCN(C2CS2)C1. The Labute approximate surface area is 58.6 Å². The first-order chi connectivity index (χ1) is 4.36. The molecule has 0 aromatic rings. The summed E-state index contributed by atoms with van der Waals surface area (Å²) < 4.78 is 12.5. The number of thioether (sulfide) groups is 1. The lowest BCUT2D eigenvalue weighted by Gasteiger charge is -2.09. The fourth-order valence-electron chi connectivity index (χ4n) is 1.26. The summed E-state index contributed by atoms with van der Waals surface area (Å²) in [6.45, 7) is 1.68. The fraction of sp³-hybridized carbons (Fsp3) is 1.00. The van der Waals surface area contributed by atoms with Crippen LogP contribution in [0.25, 0.3) is 0 Å². The van der Waals surface area contributed by atoms with Gasteiger partial charge in [-0.1, -0.05) is 0 Å². The summed E-state index contributed by atoms with van der Waals surface area (Å²) in [5.41, 5.74) is 0. The minimum Gasteiger partial charge on any atom is -0.288 e. The van der Waals surface area contributed by atoms with Crippen LogP contribution < -0.4 is 0 Å². The first kappa shape index (κ1) is 5.98. The minimum atomic E-state index is -0.536. The van der Waals surface area contributed by atoms with Gasteiger partial charge in [-0.05, 0) is 6.42 Å². The topological polar surface area (TPSA) is 3.24 Å². The Morgan fingerprint density at radius 3 is 2.78 bits per heavy atom. The Balaban J connectivity index is 1.86. The third-order valence-corrected chi connectivity index (χ3v) is 2.81. The highest BCUT2D eigenvalue weighted by Crippen LogP contribution is 2.35. The number of halogens is 1. The van der Waals surface area contributed by atoms with Gasteiger partial charge < -0.3 is 0 Å². The molecule has 1 nitrogen and oxygen atoms in total. The molecule has 2 atom stereocenters. The summed E-state index contributed by atoms with van der Waals surface area (Å²) in [7, 11) is 0. The largest absolute Gasteiger partial charge is 0.288 e. The van der Waals surface area contributed by atoms with E-state index in [1.54, 1.807) is 0 Å². The van der Waals surface area contributed by atoms with Crippen molar-refractivity contribution in [1.82, 2.24) is 4.90 Å². The van der Waals surface area contributed by atoms with Crippen molar-refractivity contribution in [3.8, 4) is 0 Å². The van der Waals surface area contributed by atoms with Crippen LogP contribution in [0.5, 0.6) is 0 Å². The number of hydrogen-bond donors (Lipinski definition) is 0. The van der Waals surface area contributed by atoms with Gasteiger partial charge in [-0.3, -0.25) is 4.90 Å². The summed E-state index contributed by atoms with van der Waals surface area (Å²) in [5.74, 6) is 1.23. The molecule has 0 aromatic heterocycles. The Bertz CT molecular complexity index is 116. The van der Waals surface area contributed by atoms with Crippen LogP contribution in [0, 0.1) is 0 Å². The molecule has 2 aliphatic rings. The molecular formula is C6H10FNS. The quantitative estimate of drug-likeness (QED) is 0.511. The van der Waals surface area contributed by atoms with Gasteiger partial charge in [0.1, 0.15) is 6.17 Å². The molecule has 0 spiro atoms. The maximum Gasteiger partial charge on any atom is 0.114 e. The summed E-state index contributed by atoms with van der Waals surface area (Å²) in [5, 5.41) is 0.686. The van der Waals surface area contributed by atoms with Crippen LogP contribution in [0.1, 0.15) is 6.42 Å². The highest BCUT2D eigenvalue weighted by molar-refractivity contribution is 8.06. The standard InChI is InChI=1S/C6H10FNS/c7-5-1-2-8(3-5)6-4-9-6/h5-6H,1-4H2. The average Bonchev–Trinajstić information content (AvgIpc) is 2.58. The second-order valence-corrected chi connectivity index (χ2v) is 3.88. The molecule has 2 rings (SSSR count). The maximum atomic E-state index is 12.5. The van der Waals surface area contributed by atoms with E-state index in [2.05, 4.69) is 4.90 Å². The van der Waals surface area contributed by atoms with Crippen molar-refractivity contribution >= 4 is 11.8 Å². The third-order valence-electron chi connectivity index (χ3n) is 1.89.